The number of aliphatic hydroxyl groups is 1. The van der Waals surface area contributed by atoms with E-state index in [1.54, 1.807) is 18.5 Å². The normalized spacial score (nSPS) is 20.6. The third-order valence-corrected chi connectivity index (χ3v) is 6.18. The van der Waals surface area contributed by atoms with Crippen LogP contribution in [0, 0.1) is 12.7 Å². The van der Waals surface area contributed by atoms with Crippen molar-refractivity contribution in [2.24, 2.45) is 0 Å². The third kappa shape index (κ3) is 2.68. The second kappa shape index (κ2) is 6.43. The average Bonchev–Trinajstić information content (AvgIpc) is 3.25. The predicted octanol–water partition coefficient (Wildman–Crippen LogP) is 3.91. The molecule has 1 saturated heterocycles. The molecule has 27 heavy (non-hydrogen) atoms. The molecule has 4 heterocycles. The Kier molecular flexibility index (Phi) is 4.02. The number of hydrogen-bond donors (Lipinski definition) is 1. The highest BCUT2D eigenvalue weighted by Gasteiger charge is 2.36. The number of aryl methyl sites for hydroxylation is 1. The van der Waals surface area contributed by atoms with Crippen LogP contribution < -0.4 is 0 Å². The Bertz CT molecular complexity index is 998. The van der Waals surface area contributed by atoms with Crippen molar-refractivity contribution < 1.29 is 9.50 Å². The van der Waals surface area contributed by atoms with Gasteiger partial charge in [0.1, 0.15) is 5.82 Å². The summed E-state index contributed by atoms with van der Waals surface area (Å²) >= 11 is 0. The molecule has 0 spiro atoms. The van der Waals surface area contributed by atoms with E-state index in [2.05, 4.69) is 16.0 Å². The molecule has 2 aliphatic rings. The van der Waals surface area contributed by atoms with Gasteiger partial charge in [0.05, 0.1) is 18.2 Å². The summed E-state index contributed by atoms with van der Waals surface area (Å²) < 4.78 is 17.1. The van der Waals surface area contributed by atoms with Gasteiger partial charge in [0.25, 0.3) is 0 Å². The molecule has 1 fully saturated rings. The van der Waals surface area contributed by atoms with Crippen molar-refractivity contribution in [1.82, 2.24) is 14.5 Å². The van der Waals surface area contributed by atoms with Crippen LogP contribution in [0.3, 0.4) is 0 Å². The molecule has 2 aliphatic heterocycles. The van der Waals surface area contributed by atoms with Gasteiger partial charge in [-0.2, -0.15) is 0 Å². The van der Waals surface area contributed by atoms with Crippen molar-refractivity contribution in [2.75, 3.05) is 13.1 Å². The van der Waals surface area contributed by atoms with Crippen LogP contribution in [0.4, 0.5) is 4.39 Å². The summed E-state index contributed by atoms with van der Waals surface area (Å²) in [5.74, 6) is -0.189. The SMILES string of the molecule is Cc1cc(F)c2c(c1)c1c(n2CC(O)c2ccncc2)CCN2CCC[C@H]12. The smallest absolute Gasteiger partial charge is 0.147 e. The average molecular weight is 365 g/mol. The number of pyridine rings is 1. The second-order valence-corrected chi connectivity index (χ2v) is 7.85. The lowest BCUT2D eigenvalue weighted by atomic mass is 9.95. The van der Waals surface area contributed by atoms with Crippen LogP contribution in [0.2, 0.25) is 0 Å². The van der Waals surface area contributed by atoms with Gasteiger partial charge >= 0.3 is 0 Å². The van der Waals surface area contributed by atoms with E-state index in [9.17, 15) is 5.11 Å². The molecule has 0 amide bonds. The highest BCUT2D eigenvalue weighted by Crippen LogP contribution is 2.44. The standard InChI is InChI=1S/C22H24FN3O/c1-14-11-16-21-18-3-2-9-25(18)10-6-19(21)26(22(16)17(23)12-14)13-20(27)15-4-7-24-8-5-15/h4-5,7-8,11-12,18,20,27H,2-3,6,9-10,13H2,1H3/t18-,20?/m1/s1. The summed E-state index contributed by atoms with van der Waals surface area (Å²) in [6.07, 6.45) is 5.92. The minimum atomic E-state index is -0.685. The van der Waals surface area contributed by atoms with Crippen LogP contribution in [0.1, 0.15) is 47.4 Å². The van der Waals surface area contributed by atoms with Gasteiger partial charge in [-0.3, -0.25) is 9.88 Å². The molecule has 0 aliphatic carbocycles. The molecule has 5 rings (SSSR count). The summed E-state index contributed by atoms with van der Waals surface area (Å²) in [4.78, 5) is 6.56. The van der Waals surface area contributed by atoms with Gasteiger partial charge in [-0.15, -0.1) is 0 Å². The molecule has 1 N–H and O–H groups in total. The van der Waals surface area contributed by atoms with Crippen molar-refractivity contribution in [3.63, 3.8) is 0 Å². The van der Waals surface area contributed by atoms with Crippen molar-refractivity contribution in [2.45, 2.75) is 44.9 Å². The molecule has 3 aromatic rings. The van der Waals surface area contributed by atoms with Crippen molar-refractivity contribution in [3.8, 4) is 0 Å². The summed E-state index contributed by atoms with van der Waals surface area (Å²) in [7, 11) is 0. The summed E-state index contributed by atoms with van der Waals surface area (Å²) in [5.41, 5.74) is 4.90. The lowest BCUT2D eigenvalue weighted by molar-refractivity contribution is 0.155. The van der Waals surface area contributed by atoms with Crippen LogP contribution in [0.5, 0.6) is 0 Å². The molecule has 0 bridgehead atoms. The number of hydrogen-bond acceptors (Lipinski definition) is 3. The summed E-state index contributed by atoms with van der Waals surface area (Å²) in [6, 6.07) is 7.75. The molecular formula is C22H24FN3O. The molecule has 4 nitrogen and oxygen atoms in total. The Morgan fingerprint density at radius 1 is 1.26 bits per heavy atom. The Morgan fingerprint density at radius 3 is 2.89 bits per heavy atom. The minimum absolute atomic E-state index is 0.189. The molecule has 5 heteroatoms. The molecule has 2 aromatic heterocycles. The van der Waals surface area contributed by atoms with Crippen molar-refractivity contribution >= 4 is 10.9 Å². The zero-order valence-corrected chi connectivity index (χ0v) is 15.5. The maximum atomic E-state index is 15.1. The third-order valence-electron chi connectivity index (χ3n) is 6.18. The monoisotopic (exact) mass is 365 g/mol. The molecule has 1 aromatic carbocycles. The maximum Gasteiger partial charge on any atom is 0.147 e. The van der Waals surface area contributed by atoms with Gasteiger partial charge in [0, 0.05) is 42.5 Å². The first-order chi connectivity index (χ1) is 13.1. The number of benzene rings is 1. The molecule has 140 valence electrons. The Balaban J connectivity index is 1.68. The minimum Gasteiger partial charge on any atom is -0.387 e. The maximum absolute atomic E-state index is 15.1. The number of fused-ring (bicyclic) bond motifs is 5. The summed E-state index contributed by atoms with van der Waals surface area (Å²) in [5, 5.41) is 11.8. The van der Waals surface area contributed by atoms with E-state index in [1.165, 1.54) is 17.7 Å². The Labute approximate surface area is 158 Å². The fourth-order valence-corrected chi connectivity index (χ4v) is 5.03. The highest BCUT2D eigenvalue weighted by atomic mass is 19.1. The highest BCUT2D eigenvalue weighted by molar-refractivity contribution is 5.87. The van der Waals surface area contributed by atoms with Gasteiger partial charge in [-0.1, -0.05) is 0 Å². The molecule has 0 radical (unpaired) electrons. The van der Waals surface area contributed by atoms with Gasteiger partial charge < -0.3 is 9.67 Å². The van der Waals surface area contributed by atoms with Crippen molar-refractivity contribution in [3.05, 3.63) is 64.9 Å². The lowest BCUT2D eigenvalue weighted by Gasteiger charge is -2.31. The van der Waals surface area contributed by atoms with E-state index >= 15 is 4.39 Å². The molecular weight excluding hydrogens is 341 g/mol. The first-order valence-electron chi connectivity index (χ1n) is 9.76. The first-order valence-corrected chi connectivity index (χ1v) is 9.76. The molecule has 1 unspecified atom stereocenters. The van der Waals surface area contributed by atoms with E-state index in [1.807, 2.05) is 23.6 Å². The van der Waals surface area contributed by atoms with Gasteiger partial charge in [-0.05, 0) is 67.3 Å². The van der Waals surface area contributed by atoms with E-state index in [0.29, 0.717) is 18.1 Å². The van der Waals surface area contributed by atoms with E-state index in [4.69, 9.17) is 0 Å². The van der Waals surface area contributed by atoms with E-state index in [0.717, 1.165) is 42.4 Å². The molecule has 0 saturated carbocycles. The van der Waals surface area contributed by atoms with Crippen LogP contribution in [-0.2, 0) is 13.0 Å². The number of halogens is 1. The number of aliphatic hydroxyl groups excluding tert-OH is 1. The fourth-order valence-electron chi connectivity index (χ4n) is 5.03. The van der Waals surface area contributed by atoms with Crippen LogP contribution >= 0.6 is 0 Å². The lowest BCUT2D eigenvalue weighted by Crippen LogP contribution is -2.31. The predicted molar refractivity (Wildman–Crippen MR) is 103 cm³/mol. The van der Waals surface area contributed by atoms with Crippen LogP contribution in [0.25, 0.3) is 10.9 Å². The van der Waals surface area contributed by atoms with E-state index in [-0.39, 0.29) is 5.82 Å². The Hall–Kier alpha value is -2.24. The van der Waals surface area contributed by atoms with Gasteiger partial charge in [0.2, 0.25) is 0 Å². The zero-order valence-electron chi connectivity index (χ0n) is 15.5. The number of nitrogens with zero attached hydrogens (tertiary/aromatic N) is 3. The Morgan fingerprint density at radius 2 is 2.07 bits per heavy atom. The largest absolute Gasteiger partial charge is 0.387 e. The van der Waals surface area contributed by atoms with Crippen LogP contribution in [0.15, 0.2) is 36.7 Å². The topological polar surface area (TPSA) is 41.3 Å². The number of rotatable bonds is 3. The summed E-state index contributed by atoms with van der Waals surface area (Å²) in [6.45, 7) is 4.46. The second-order valence-electron chi connectivity index (χ2n) is 7.85. The number of aromatic nitrogens is 2. The van der Waals surface area contributed by atoms with Gasteiger partial charge in [0.15, 0.2) is 0 Å². The first kappa shape index (κ1) is 16.9. The van der Waals surface area contributed by atoms with Crippen LogP contribution in [-0.4, -0.2) is 32.6 Å². The van der Waals surface area contributed by atoms with E-state index < -0.39 is 6.10 Å². The molecule has 2 atom stereocenters. The van der Waals surface area contributed by atoms with Crippen molar-refractivity contribution in [1.29, 1.82) is 0 Å². The van der Waals surface area contributed by atoms with Gasteiger partial charge in [-0.25, -0.2) is 4.39 Å². The zero-order chi connectivity index (χ0) is 18.5. The quantitative estimate of drug-likeness (QED) is 0.765. The fraction of sp³-hybridized carbons (Fsp3) is 0.409.